The van der Waals surface area contributed by atoms with Crippen molar-refractivity contribution < 1.29 is 8.42 Å². The zero-order valence-electron chi connectivity index (χ0n) is 15.1. The summed E-state index contributed by atoms with van der Waals surface area (Å²) < 4.78 is 27.3. The molecule has 8 heteroatoms. The van der Waals surface area contributed by atoms with Crippen LogP contribution in [0.4, 0.5) is 23.0 Å². The lowest BCUT2D eigenvalue weighted by Crippen LogP contribution is -2.12. The predicted molar refractivity (Wildman–Crippen MR) is 108 cm³/mol. The van der Waals surface area contributed by atoms with Crippen LogP contribution in [0.25, 0.3) is 0 Å². The van der Waals surface area contributed by atoms with Crippen molar-refractivity contribution in [2.24, 2.45) is 0 Å². The lowest BCUT2D eigenvalue weighted by molar-refractivity contribution is 0.601. The molecule has 0 saturated carbocycles. The molecule has 3 aromatic rings. The first-order valence-electron chi connectivity index (χ1n) is 8.51. The van der Waals surface area contributed by atoms with Gasteiger partial charge < -0.3 is 10.6 Å². The monoisotopic (exact) mass is 383 g/mol. The minimum Gasteiger partial charge on any atom is -0.370 e. The highest BCUT2D eigenvalue weighted by molar-refractivity contribution is 7.92. The van der Waals surface area contributed by atoms with Gasteiger partial charge >= 0.3 is 0 Å². The topological polar surface area (TPSA) is 96.0 Å². The Morgan fingerprint density at radius 3 is 2.19 bits per heavy atom. The zero-order valence-corrected chi connectivity index (χ0v) is 15.9. The zero-order chi connectivity index (χ0) is 19.3. The lowest BCUT2D eigenvalue weighted by atomic mass is 10.3. The second kappa shape index (κ2) is 8.05. The van der Waals surface area contributed by atoms with E-state index in [1.807, 2.05) is 19.9 Å². The summed E-state index contributed by atoms with van der Waals surface area (Å²) in [4.78, 5) is 8.89. The smallest absolute Gasteiger partial charge is 0.261 e. The molecule has 0 aliphatic heterocycles. The number of sulfonamides is 1. The highest BCUT2D eigenvalue weighted by Crippen LogP contribution is 2.21. The van der Waals surface area contributed by atoms with Crippen LogP contribution in [0.2, 0.25) is 0 Å². The van der Waals surface area contributed by atoms with E-state index in [1.54, 1.807) is 54.6 Å². The quantitative estimate of drug-likeness (QED) is 0.575. The Labute approximate surface area is 158 Å². The van der Waals surface area contributed by atoms with Gasteiger partial charge in [0.25, 0.3) is 10.0 Å². The van der Waals surface area contributed by atoms with Crippen LogP contribution in [0.3, 0.4) is 0 Å². The van der Waals surface area contributed by atoms with Crippen LogP contribution < -0.4 is 15.4 Å². The molecule has 0 saturated heterocycles. The Balaban J connectivity index is 1.73. The summed E-state index contributed by atoms with van der Waals surface area (Å²) in [7, 11) is -3.60. The molecule has 0 bridgehead atoms. The third-order valence-electron chi connectivity index (χ3n) is 3.66. The van der Waals surface area contributed by atoms with E-state index < -0.39 is 10.0 Å². The van der Waals surface area contributed by atoms with Gasteiger partial charge in [-0.1, -0.05) is 18.2 Å². The number of rotatable bonds is 7. The summed E-state index contributed by atoms with van der Waals surface area (Å²) in [5.74, 6) is 2.07. The number of aryl methyl sites for hydroxylation is 1. The van der Waals surface area contributed by atoms with Crippen LogP contribution in [0.15, 0.2) is 65.6 Å². The van der Waals surface area contributed by atoms with E-state index in [9.17, 15) is 8.42 Å². The Morgan fingerprint density at radius 1 is 0.889 bits per heavy atom. The van der Waals surface area contributed by atoms with Crippen LogP contribution in [0, 0.1) is 6.92 Å². The summed E-state index contributed by atoms with van der Waals surface area (Å²) in [6, 6.07) is 17.0. The van der Waals surface area contributed by atoms with Gasteiger partial charge in [-0.2, -0.15) is 0 Å². The molecule has 3 N–H and O–H groups in total. The fraction of sp³-hybridized carbons (Fsp3) is 0.158. The van der Waals surface area contributed by atoms with Gasteiger partial charge in [0.15, 0.2) is 0 Å². The maximum Gasteiger partial charge on any atom is 0.261 e. The van der Waals surface area contributed by atoms with Crippen molar-refractivity contribution in [1.82, 2.24) is 9.97 Å². The third kappa shape index (κ3) is 4.95. The van der Waals surface area contributed by atoms with Crippen LogP contribution in [-0.2, 0) is 10.0 Å². The third-order valence-corrected chi connectivity index (χ3v) is 5.06. The first-order chi connectivity index (χ1) is 13.0. The summed E-state index contributed by atoms with van der Waals surface area (Å²) in [6.07, 6.45) is 0. The van der Waals surface area contributed by atoms with Crippen LogP contribution in [0.1, 0.15) is 12.7 Å². The molecular weight excluding hydrogens is 362 g/mol. The van der Waals surface area contributed by atoms with Crippen LogP contribution in [0.5, 0.6) is 0 Å². The average Bonchev–Trinajstić information content (AvgIpc) is 2.64. The molecule has 0 spiro atoms. The minimum absolute atomic E-state index is 0.222. The highest BCUT2D eigenvalue weighted by Gasteiger charge is 2.13. The molecule has 0 radical (unpaired) electrons. The maximum absolute atomic E-state index is 12.4. The second-order valence-corrected chi connectivity index (χ2v) is 7.52. The highest BCUT2D eigenvalue weighted by atomic mass is 32.2. The molecule has 3 rings (SSSR count). The van der Waals surface area contributed by atoms with Crippen LogP contribution in [-0.4, -0.2) is 24.9 Å². The molecule has 0 aliphatic rings. The number of anilines is 4. The fourth-order valence-corrected chi connectivity index (χ4v) is 3.57. The van der Waals surface area contributed by atoms with Gasteiger partial charge in [0.05, 0.1) is 4.90 Å². The molecule has 0 aliphatic carbocycles. The van der Waals surface area contributed by atoms with E-state index in [1.165, 1.54) is 0 Å². The lowest BCUT2D eigenvalue weighted by Gasteiger charge is -2.11. The summed E-state index contributed by atoms with van der Waals surface area (Å²) in [6.45, 7) is 4.60. The Morgan fingerprint density at radius 2 is 1.52 bits per heavy atom. The van der Waals surface area contributed by atoms with Crippen molar-refractivity contribution >= 4 is 33.0 Å². The summed E-state index contributed by atoms with van der Waals surface area (Å²) >= 11 is 0. The molecule has 0 unspecified atom stereocenters. The van der Waals surface area contributed by atoms with Gasteiger partial charge in [0.1, 0.15) is 17.5 Å². The molecule has 7 nitrogen and oxygen atoms in total. The van der Waals surface area contributed by atoms with E-state index in [-0.39, 0.29) is 4.90 Å². The fourth-order valence-electron chi connectivity index (χ4n) is 2.49. The Hall–Kier alpha value is -3.13. The minimum atomic E-state index is -3.60. The van der Waals surface area contributed by atoms with Crippen molar-refractivity contribution in [3.8, 4) is 0 Å². The Kier molecular flexibility index (Phi) is 5.56. The van der Waals surface area contributed by atoms with E-state index in [0.717, 1.165) is 18.1 Å². The number of nitrogens with one attached hydrogen (secondary N) is 3. The SMILES string of the molecule is CCNc1cc(Nc2ccc(NS(=O)(=O)c3ccccc3)cc2)nc(C)n1. The summed E-state index contributed by atoms with van der Waals surface area (Å²) in [5.41, 5.74) is 1.27. The van der Waals surface area contributed by atoms with Gasteiger partial charge in [-0.3, -0.25) is 4.72 Å². The van der Waals surface area contributed by atoms with Gasteiger partial charge in [0, 0.05) is 24.0 Å². The first-order valence-corrected chi connectivity index (χ1v) is 9.99. The number of aromatic nitrogens is 2. The van der Waals surface area contributed by atoms with Crippen molar-refractivity contribution in [3.63, 3.8) is 0 Å². The number of nitrogens with zero attached hydrogens (tertiary/aromatic N) is 2. The second-order valence-electron chi connectivity index (χ2n) is 5.84. The average molecular weight is 383 g/mol. The molecule has 1 aromatic heterocycles. The maximum atomic E-state index is 12.4. The molecule has 2 aromatic carbocycles. The molecule has 140 valence electrons. The molecular formula is C19H21N5O2S. The van der Waals surface area contributed by atoms with E-state index in [4.69, 9.17) is 0 Å². The van der Waals surface area contributed by atoms with Gasteiger partial charge in [-0.15, -0.1) is 0 Å². The van der Waals surface area contributed by atoms with E-state index in [0.29, 0.717) is 17.3 Å². The molecule has 0 atom stereocenters. The molecule has 1 heterocycles. The van der Waals surface area contributed by atoms with Gasteiger partial charge in [-0.25, -0.2) is 18.4 Å². The normalized spacial score (nSPS) is 11.0. The van der Waals surface area contributed by atoms with Gasteiger partial charge in [-0.05, 0) is 50.2 Å². The number of benzene rings is 2. The molecule has 0 amide bonds. The Bertz CT molecular complexity index is 1010. The van der Waals surface area contributed by atoms with Crippen molar-refractivity contribution in [2.75, 3.05) is 21.9 Å². The van der Waals surface area contributed by atoms with Crippen molar-refractivity contribution in [3.05, 3.63) is 66.5 Å². The van der Waals surface area contributed by atoms with E-state index in [2.05, 4.69) is 25.3 Å². The van der Waals surface area contributed by atoms with Crippen molar-refractivity contribution in [2.45, 2.75) is 18.7 Å². The number of hydrogen-bond acceptors (Lipinski definition) is 6. The van der Waals surface area contributed by atoms with Gasteiger partial charge in [0.2, 0.25) is 0 Å². The van der Waals surface area contributed by atoms with Crippen LogP contribution >= 0.6 is 0 Å². The summed E-state index contributed by atoms with van der Waals surface area (Å²) in [5, 5.41) is 6.35. The van der Waals surface area contributed by atoms with E-state index >= 15 is 0 Å². The first kappa shape index (κ1) is 18.7. The standard InChI is InChI=1S/C19H21N5O2S/c1-3-20-18-13-19(22-14(2)21-18)23-15-9-11-16(12-10-15)24-27(25,26)17-7-5-4-6-8-17/h4-13,24H,3H2,1-2H3,(H2,20,21,22,23). The number of hydrogen-bond donors (Lipinski definition) is 3. The molecule has 0 fully saturated rings. The largest absolute Gasteiger partial charge is 0.370 e. The molecule has 27 heavy (non-hydrogen) atoms. The predicted octanol–water partition coefficient (Wildman–Crippen LogP) is 3.76. The van der Waals surface area contributed by atoms with Crippen molar-refractivity contribution in [1.29, 1.82) is 0 Å².